The second-order valence-electron chi connectivity index (χ2n) is 3.34. The predicted octanol–water partition coefficient (Wildman–Crippen LogP) is 5.88. The fraction of sp³-hybridized carbons (Fsp3) is 0.0909. The van der Waals surface area contributed by atoms with Crippen LogP contribution in [0.15, 0.2) is 31.8 Å². The molecular weight excluding hydrogens is 397 g/mol. The van der Waals surface area contributed by atoms with Gasteiger partial charge in [0.05, 0.1) is 12.9 Å². The highest BCUT2D eigenvalue weighted by Gasteiger charge is 2.18. The van der Waals surface area contributed by atoms with Crippen LogP contribution in [-0.2, 0) is 0 Å². The number of rotatable bonds is 2. The molecule has 0 bridgehead atoms. The molecule has 0 aliphatic rings. The lowest BCUT2D eigenvalue weighted by atomic mass is 10.1. The van der Waals surface area contributed by atoms with Crippen molar-refractivity contribution in [3.63, 3.8) is 0 Å². The van der Waals surface area contributed by atoms with E-state index < -0.39 is 17.0 Å². The van der Waals surface area contributed by atoms with E-state index in [1.807, 2.05) is 6.07 Å². The second-order valence-corrected chi connectivity index (χ2v) is 7.53. The van der Waals surface area contributed by atoms with Gasteiger partial charge < -0.3 is 0 Å². The molecule has 2 aromatic rings. The summed E-state index contributed by atoms with van der Waals surface area (Å²) in [5.41, 5.74) is 1.18. The number of halogens is 5. The van der Waals surface area contributed by atoms with E-state index in [1.165, 1.54) is 23.5 Å². The van der Waals surface area contributed by atoms with Crippen molar-refractivity contribution in [3.05, 3.63) is 54.6 Å². The summed E-state index contributed by atoms with van der Waals surface area (Å²) in [6.07, 6.45) is 0. The lowest BCUT2D eigenvalue weighted by Crippen LogP contribution is -1.94. The van der Waals surface area contributed by atoms with E-state index in [0.29, 0.717) is 5.56 Å². The van der Waals surface area contributed by atoms with Crippen molar-refractivity contribution in [1.29, 1.82) is 0 Å². The summed E-state index contributed by atoms with van der Waals surface area (Å²) in [5, 5.41) is -0.586. The summed E-state index contributed by atoms with van der Waals surface area (Å²) in [6, 6.07) is 5.12. The van der Waals surface area contributed by atoms with Crippen LogP contribution in [0.25, 0.3) is 0 Å². The Kier molecular flexibility index (Phi) is 4.23. The number of benzene rings is 1. The Morgan fingerprint density at radius 3 is 2.12 bits per heavy atom. The van der Waals surface area contributed by atoms with Crippen molar-refractivity contribution in [3.8, 4) is 0 Å². The molecule has 90 valence electrons. The molecular formula is C11H5Br2ClF2S. The lowest BCUT2D eigenvalue weighted by molar-refractivity contribution is 0.580. The molecule has 0 aliphatic heterocycles. The maximum atomic E-state index is 13.1. The van der Waals surface area contributed by atoms with E-state index in [1.54, 1.807) is 0 Å². The lowest BCUT2D eigenvalue weighted by Gasteiger charge is -2.09. The van der Waals surface area contributed by atoms with E-state index in [0.717, 1.165) is 19.2 Å². The van der Waals surface area contributed by atoms with E-state index in [4.69, 9.17) is 11.6 Å². The van der Waals surface area contributed by atoms with Gasteiger partial charge >= 0.3 is 0 Å². The van der Waals surface area contributed by atoms with Gasteiger partial charge in [0.1, 0.15) is 11.6 Å². The highest BCUT2D eigenvalue weighted by molar-refractivity contribution is 9.12. The molecule has 0 radical (unpaired) electrons. The second kappa shape index (κ2) is 5.34. The Balaban J connectivity index is 2.43. The van der Waals surface area contributed by atoms with E-state index in [9.17, 15) is 8.78 Å². The summed E-state index contributed by atoms with van der Waals surface area (Å²) in [7, 11) is 0. The molecule has 1 unspecified atom stereocenters. The van der Waals surface area contributed by atoms with Gasteiger partial charge in [-0.15, -0.1) is 22.9 Å². The van der Waals surface area contributed by atoms with Gasteiger partial charge in [-0.1, -0.05) is 0 Å². The molecule has 0 spiro atoms. The SMILES string of the molecule is Fc1cc(F)cc(C(Cl)c2cc(Br)sc2Br)c1. The minimum absolute atomic E-state index is 0.398. The summed E-state index contributed by atoms with van der Waals surface area (Å²) < 4.78 is 27.9. The van der Waals surface area contributed by atoms with Crippen molar-refractivity contribution in [2.24, 2.45) is 0 Å². The molecule has 0 N–H and O–H groups in total. The van der Waals surface area contributed by atoms with Crippen molar-refractivity contribution in [2.75, 3.05) is 0 Å². The standard InChI is InChI=1S/C11H5Br2ClF2S/c12-9-4-8(11(13)17-9)10(14)5-1-6(15)3-7(16)2-5/h1-4,10H. The van der Waals surface area contributed by atoms with Gasteiger partial charge in [-0.25, -0.2) is 8.78 Å². The molecule has 0 saturated heterocycles. The fourth-order valence-electron chi connectivity index (χ4n) is 1.43. The third kappa shape index (κ3) is 3.08. The van der Waals surface area contributed by atoms with Crippen LogP contribution >= 0.6 is 54.8 Å². The highest BCUT2D eigenvalue weighted by atomic mass is 79.9. The third-order valence-corrected chi connectivity index (χ3v) is 5.01. The van der Waals surface area contributed by atoms with Gasteiger partial charge in [-0.2, -0.15) is 0 Å². The monoisotopic (exact) mass is 400 g/mol. The number of alkyl halides is 1. The molecule has 1 atom stereocenters. The van der Waals surface area contributed by atoms with E-state index in [2.05, 4.69) is 31.9 Å². The van der Waals surface area contributed by atoms with Gasteiger partial charge in [-0.3, -0.25) is 0 Å². The van der Waals surface area contributed by atoms with Gasteiger partial charge in [0.15, 0.2) is 0 Å². The summed E-state index contributed by atoms with van der Waals surface area (Å²) in [6.45, 7) is 0. The molecule has 0 fully saturated rings. The first kappa shape index (κ1) is 13.5. The van der Waals surface area contributed by atoms with Crippen LogP contribution in [0, 0.1) is 11.6 Å². The molecule has 1 aromatic carbocycles. The minimum Gasteiger partial charge on any atom is -0.207 e. The molecule has 17 heavy (non-hydrogen) atoms. The van der Waals surface area contributed by atoms with Crippen LogP contribution < -0.4 is 0 Å². The Morgan fingerprint density at radius 1 is 1.06 bits per heavy atom. The minimum atomic E-state index is -0.629. The van der Waals surface area contributed by atoms with Crippen LogP contribution in [0.5, 0.6) is 0 Å². The maximum Gasteiger partial charge on any atom is 0.126 e. The number of thiophene rings is 1. The molecule has 0 amide bonds. The average Bonchev–Trinajstić information content (AvgIpc) is 2.55. The summed E-state index contributed by atoms with van der Waals surface area (Å²) >= 11 is 14.4. The first-order valence-electron chi connectivity index (χ1n) is 4.52. The molecule has 0 saturated carbocycles. The van der Waals surface area contributed by atoms with E-state index in [-0.39, 0.29) is 0 Å². The molecule has 1 aromatic heterocycles. The number of hydrogen-bond acceptors (Lipinski definition) is 1. The van der Waals surface area contributed by atoms with Crippen LogP contribution in [0.3, 0.4) is 0 Å². The largest absolute Gasteiger partial charge is 0.207 e. The zero-order valence-electron chi connectivity index (χ0n) is 8.18. The Morgan fingerprint density at radius 2 is 1.65 bits per heavy atom. The van der Waals surface area contributed by atoms with Gasteiger partial charge in [-0.05, 0) is 55.6 Å². The van der Waals surface area contributed by atoms with Gasteiger partial charge in [0.25, 0.3) is 0 Å². The molecule has 1 heterocycles. The fourth-order valence-corrected chi connectivity index (χ4v) is 4.82. The summed E-state index contributed by atoms with van der Waals surface area (Å²) in [5.74, 6) is -1.26. The van der Waals surface area contributed by atoms with Crippen molar-refractivity contribution in [1.82, 2.24) is 0 Å². The van der Waals surface area contributed by atoms with Gasteiger partial charge in [0, 0.05) is 11.6 Å². The van der Waals surface area contributed by atoms with Crippen molar-refractivity contribution < 1.29 is 8.78 Å². The number of hydrogen-bond donors (Lipinski definition) is 0. The van der Waals surface area contributed by atoms with E-state index >= 15 is 0 Å². The Labute approximate surface area is 123 Å². The van der Waals surface area contributed by atoms with Crippen LogP contribution in [0.4, 0.5) is 8.78 Å². The quantitative estimate of drug-likeness (QED) is 0.551. The topological polar surface area (TPSA) is 0 Å². The van der Waals surface area contributed by atoms with Crippen LogP contribution in [0.2, 0.25) is 0 Å². The Hall–Kier alpha value is 0.0300. The maximum absolute atomic E-state index is 13.1. The first-order valence-corrected chi connectivity index (χ1v) is 7.36. The van der Waals surface area contributed by atoms with Crippen LogP contribution in [-0.4, -0.2) is 0 Å². The van der Waals surface area contributed by atoms with Crippen molar-refractivity contribution >= 4 is 54.8 Å². The molecule has 0 nitrogen and oxygen atoms in total. The van der Waals surface area contributed by atoms with Crippen LogP contribution in [0.1, 0.15) is 16.5 Å². The normalized spacial score (nSPS) is 12.8. The molecule has 2 rings (SSSR count). The van der Waals surface area contributed by atoms with Gasteiger partial charge in [0.2, 0.25) is 0 Å². The highest BCUT2D eigenvalue weighted by Crippen LogP contribution is 2.41. The summed E-state index contributed by atoms with van der Waals surface area (Å²) in [4.78, 5) is 0. The smallest absolute Gasteiger partial charge is 0.126 e. The first-order chi connectivity index (χ1) is 7.97. The van der Waals surface area contributed by atoms with Crippen molar-refractivity contribution in [2.45, 2.75) is 5.38 Å². The molecule has 6 heteroatoms. The Bertz CT molecular complexity index is 536. The zero-order chi connectivity index (χ0) is 12.6. The molecule has 0 aliphatic carbocycles. The average molecular weight is 402 g/mol. The zero-order valence-corrected chi connectivity index (χ0v) is 12.9. The predicted molar refractivity (Wildman–Crippen MR) is 73.8 cm³/mol. The third-order valence-electron chi connectivity index (χ3n) is 2.13.